The zero-order chi connectivity index (χ0) is 14.0. The van der Waals surface area contributed by atoms with E-state index in [1.54, 1.807) is 0 Å². The van der Waals surface area contributed by atoms with Crippen LogP contribution in [0.4, 0.5) is 0 Å². The third-order valence-electron chi connectivity index (χ3n) is 2.85. The Bertz CT molecular complexity index is 566. The Kier molecular flexibility index (Phi) is 6.65. The van der Waals surface area contributed by atoms with Gasteiger partial charge in [-0.1, -0.05) is 65.1 Å². The summed E-state index contributed by atoms with van der Waals surface area (Å²) in [7, 11) is 4.34. The van der Waals surface area contributed by atoms with E-state index in [0.717, 1.165) is 22.4 Å². The fraction of sp³-hybridized carbons (Fsp3) is 0.286. The molecule has 1 heterocycles. The Morgan fingerprint density at radius 2 is 1.55 bits per heavy atom. The SMILES string of the molecule is C[N+](C)(Cc1ccccc1)Cc1sc(Cl)c(Cl)c1Cl.[Cl-]. The predicted octanol–water partition coefficient (Wildman–Crippen LogP) is 2.49. The summed E-state index contributed by atoms with van der Waals surface area (Å²) in [6.45, 7) is 1.75. The van der Waals surface area contributed by atoms with Crippen molar-refractivity contribution in [2.75, 3.05) is 14.1 Å². The van der Waals surface area contributed by atoms with Gasteiger partial charge in [0.15, 0.2) is 0 Å². The summed E-state index contributed by atoms with van der Waals surface area (Å²) in [5.74, 6) is 0. The van der Waals surface area contributed by atoms with Crippen LogP contribution in [0.3, 0.4) is 0 Å². The van der Waals surface area contributed by atoms with Crippen LogP contribution < -0.4 is 12.4 Å². The van der Waals surface area contributed by atoms with Gasteiger partial charge < -0.3 is 16.9 Å². The molecule has 1 nitrogen and oxygen atoms in total. The van der Waals surface area contributed by atoms with Gasteiger partial charge in [-0.05, 0) is 0 Å². The molecular weight excluding hydrogens is 356 g/mol. The van der Waals surface area contributed by atoms with E-state index in [1.165, 1.54) is 16.9 Å². The van der Waals surface area contributed by atoms with Crippen LogP contribution in [0.5, 0.6) is 0 Å². The number of benzene rings is 1. The zero-order valence-corrected chi connectivity index (χ0v) is 15.0. The number of hydrogen-bond donors (Lipinski definition) is 0. The number of rotatable bonds is 4. The molecule has 0 radical (unpaired) electrons. The Hall–Kier alpha value is 0.0400. The molecule has 0 atom stereocenters. The van der Waals surface area contributed by atoms with Crippen LogP contribution in [-0.4, -0.2) is 18.6 Å². The molecule has 0 unspecified atom stereocenters. The topological polar surface area (TPSA) is 0 Å². The summed E-state index contributed by atoms with van der Waals surface area (Å²) < 4.78 is 1.37. The second kappa shape index (κ2) is 7.35. The molecule has 0 aliphatic carbocycles. The van der Waals surface area contributed by atoms with Gasteiger partial charge in [0.1, 0.15) is 17.4 Å². The Morgan fingerprint density at radius 3 is 2.05 bits per heavy atom. The normalized spacial score (nSPS) is 11.2. The maximum atomic E-state index is 6.21. The first-order chi connectivity index (χ1) is 8.89. The van der Waals surface area contributed by atoms with Crippen LogP contribution in [0.25, 0.3) is 0 Å². The number of thiophene rings is 1. The van der Waals surface area contributed by atoms with Gasteiger partial charge in [0.05, 0.1) is 29.0 Å². The van der Waals surface area contributed by atoms with Crippen molar-refractivity contribution in [1.82, 2.24) is 0 Å². The number of halogens is 4. The molecule has 2 aromatic rings. The van der Waals surface area contributed by atoms with Gasteiger partial charge in [-0.25, -0.2) is 0 Å². The fourth-order valence-electron chi connectivity index (χ4n) is 2.03. The second-order valence-corrected chi connectivity index (χ2v) is 7.63. The minimum atomic E-state index is 0. The highest BCUT2D eigenvalue weighted by molar-refractivity contribution is 7.17. The molecule has 0 saturated heterocycles. The van der Waals surface area contributed by atoms with Crippen LogP contribution in [0.1, 0.15) is 10.4 Å². The van der Waals surface area contributed by atoms with Crippen LogP contribution in [0.2, 0.25) is 14.4 Å². The predicted molar refractivity (Wildman–Crippen MR) is 85.3 cm³/mol. The molecule has 20 heavy (non-hydrogen) atoms. The van der Waals surface area contributed by atoms with Gasteiger partial charge in [0.2, 0.25) is 0 Å². The largest absolute Gasteiger partial charge is 1.00 e. The van der Waals surface area contributed by atoms with Gasteiger partial charge in [-0.15, -0.1) is 11.3 Å². The number of hydrogen-bond acceptors (Lipinski definition) is 1. The molecule has 0 aliphatic rings. The average Bonchev–Trinajstić information content (AvgIpc) is 2.57. The summed E-state index contributed by atoms with van der Waals surface area (Å²) in [4.78, 5) is 1.04. The van der Waals surface area contributed by atoms with E-state index in [1.807, 2.05) is 6.07 Å². The van der Waals surface area contributed by atoms with Gasteiger partial charge in [-0.2, -0.15) is 0 Å². The molecule has 110 valence electrons. The molecule has 1 aromatic carbocycles. The Morgan fingerprint density at radius 1 is 0.950 bits per heavy atom. The fourth-order valence-corrected chi connectivity index (χ4v) is 4.08. The van der Waals surface area contributed by atoms with Crippen molar-refractivity contribution in [2.45, 2.75) is 13.1 Å². The van der Waals surface area contributed by atoms with Crippen molar-refractivity contribution in [3.63, 3.8) is 0 Å². The molecule has 0 bridgehead atoms. The van der Waals surface area contributed by atoms with Crippen molar-refractivity contribution in [1.29, 1.82) is 0 Å². The first kappa shape index (κ1) is 18.1. The molecule has 0 spiro atoms. The van der Waals surface area contributed by atoms with Crippen molar-refractivity contribution in [2.24, 2.45) is 0 Å². The van der Waals surface area contributed by atoms with Crippen LogP contribution in [-0.2, 0) is 13.1 Å². The van der Waals surface area contributed by atoms with E-state index in [9.17, 15) is 0 Å². The molecule has 0 saturated carbocycles. The third-order valence-corrected chi connectivity index (χ3v) is 5.44. The van der Waals surface area contributed by atoms with Crippen molar-refractivity contribution in [3.05, 3.63) is 55.2 Å². The highest BCUT2D eigenvalue weighted by atomic mass is 35.5. The monoisotopic (exact) mass is 369 g/mol. The second-order valence-electron chi connectivity index (χ2n) is 5.16. The molecular formula is C14H15Cl4NS. The molecule has 1 aromatic heterocycles. The molecule has 0 amide bonds. The minimum Gasteiger partial charge on any atom is -1.00 e. The van der Waals surface area contributed by atoms with E-state index < -0.39 is 0 Å². The lowest BCUT2D eigenvalue weighted by Gasteiger charge is -2.29. The molecule has 6 heteroatoms. The average molecular weight is 371 g/mol. The van der Waals surface area contributed by atoms with Crippen LogP contribution in [0, 0.1) is 0 Å². The summed E-state index contributed by atoms with van der Waals surface area (Å²) in [5, 5.41) is 1.07. The van der Waals surface area contributed by atoms with E-state index in [-0.39, 0.29) is 12.4 Å². The lowest BCUT2D eigenvalue weighted by Crippen LogP contribution is -3.00. The highest BCUT2D eigenvalue weighted by Gasteiger charge is 2.22. The maximum Gasteiger partial charge on any atom is 0.115 e. The van der Waals surface area contributed by atoms with Crippen LogP contribution >= 0.6 is 46.1 Å². The molecule has 2 rings (SSSR count). The van der Waals surface area contributed by atoms with Crippen molar-refractivity contribution < 1.29 is 16.9 Å². The first-order valence-corrected chi connectivity index (χ1v) is 7.82. The summed E-state index contributed by atoms with van der Waals surface area (Å²) in [5.41, 5.74) is 1.30. The van der Waals surface area contributed by atoms with E-state index in [0.29, 0.717) is 14.4 Å². The zero-order valence-electron chi connectivity index (χ0n) is 11.2. The van der Waals surface area contributed by atoms with Gasteiger partial charge in [0, 0.05) is 5.56 Å². The summed E-state index contributed by atoms with van der Waals surface area (Å²) in [6.07, 6.45) is 0. The quantitative estimate of drug-likeness (QED) is 0.725. The third kappa shape index (κ3) is 4.52. The van der Waals surface area contributed by atoms with Gasteiger partial charge >= 0.3 is 0 Å². The molecule has 0 aliphatic heterocycles. The van der Waals surface area contributed by atoms with Gasteiger partial charge in [-0.3, -0.25) is 0 Å². The van der Waals surface area contributed by atoms with Gasteiger partial charge in [0.25, 0.3) is 0 Å². The van der Waals surface area contributed by atoms with E-state index in [4.69, 9.17) is 34.8 Å². The number of quaternary nitrogens is 1. The number of nitrogens with zero attached hydrogens (tertiary/aromatic N) is 1. The smallest absolute Gasteiger partial charge is 0.115 e. The maximum absolute atomic E-state index is 6.21. The lowest BCUT2D eigenvalue weighted by atomic mass is 10.2. The van der Waals surface area contributed by atoms with E-state index in [2.05, 4.69) is 38.4 Å². The highest BCUT2D eigenvalue weighted by Crippen LogP contribution is 2.41. The first-order valence-electron chi connectivity index (χ1n) is 5.87. The molecule has 0 N–H and O–H groups in total. The van der Waals surface area contributed by atoms with Crippen LogP contribution in [0.15, 0.2) is 30.3 Å². The lowest BCUT2D eigenvalue weighted by molar-refractivity contribution is -0.916. The summed E-state index contributed by atoms with van der Waals surface area (Å²) in [6, 6.07) is 10.4. The van der Waals surface area contributed by atoms with E-state index >= 15 is 0 Å². The standard InChI is InChI=1S/C14H15Cl3NS.ClH/c1-18(2,8-10-6-4-3-5-7-10)9-11-12(15)13(16)14(17)19-11;/h3-7H,8-9H2,1-2H3;1H/q+1;/p-1. The van der Waals surface area contributed by atoms with Crippen molar-refractivity contribution in [3.8, 4) is 0 Å². The Labute approximate surface area is 145 Å². The van der Waals surface area contributed by atoms with Crippen molar-refractivity contribution >= 4 is 46.1 Å². The summed E-state index contributed by atoms with van der Waals surface area (Å²) >= 11 is 19.7. The Balaban J connectivity index is 0.00000200. The minimum absolute atomic E-state index is 0. The molecule has 0 fully saturated rings.